The van der Waals surface area contributed by atoms with Gasteiger partial charge in [-0.25, -0.2) is 9.67 Å². The molecule has 1 heterocycles. The Labute approximate surface area is 96.4 Å². The van der Waals surface area contributed by atoms with Crippen LogP contribution in [0.25, 0.3) is 5.69 Å². The molecule has 0 spiro atoms. The number of methoxy groups -OCH3 is 1. The van der Waals surface area contributed by atoms with Crippen molar-refractivity contribution in [2.75, 3.05) is 7.11 Å². The number of halogens is 2. The molecule has 0 saturated carbocycles. The quantitative estimate of drug-likeness (QED) is 0.815. The van der Waals surface area contributed by atoms with E-state index in [4.69, 9.17) is 27.9 Å². The van der Waals surface area contributed by atoms with Gasteiger partial charge in [-0.05, 0) is 6.07 Å². The zero-order chi connectivity index (χ0) is 10.8. The molecule has 1 aromatic carbocycles. The van der Waals surface area contributed by atoms with Crippen LogP contribution < -0.4 is 4.74 Å². The van der Waals surface area contributed by atoms with Crippen molar-refractivity contribution in [1.82, 2.24) is 14.8 Å². The van der Waals surface area contributed by atoms with Gasteiger partial charge in [-0.2, -0.15) is 5.10 Å². The van der Waals surface area contributed by atoms with E-state index in [1.54, 1.807) is 30.3 Å². The second kappa shape index (κ2) is 4.08. The average Bonchev–Trinajstić information content (AvgIpc) is 2.71. The Balaban J connectivity index is 2.57. The van der Waals surface area contributed by atoms with Crippen LogP contribution >= 0.6 is 23.2 Å². The standard InChI is InChI=1S/C9H7Cl2N3O/c1-15-9-3-8(6(10)2-7(9)11)14-5-12-4-13-14/h2-5H,1H3. The second-order valence-electron chi connectivity index (χ2n) is 2.78. The summed E-state index contributed by atoms with van der Waals surface area (Å²) in [5, 5.41) is 4.93. The van der Waals surface area contributed by atoms with Crippen LogP contribution in [0, 0.1) is 0 Å². The van der Waals surface area contributed by atoms with E-state index in [0.717, 1.165) is 0 Å². The first-order chi connectivity index (χ1) is 7.22. The number of aromatic nitrogens is 3. The molecule has 0 bridgehead atoms. The molecule has 0 fully saturated rings. The predicted octanol–water partition coefficient (Wildman–Crippen LogP) is 2.58. The van der Waals surface area contributed by atoms with E-state index >= 15 is 0 Å². The Morgan fingerprint density at radius 3 is 2.67 bits per heavy atom. The molecule has 15 heavy (non-hydrogen) atoms. The number of nitrogens with zero attached hydrogens (tertiary/aromatic N) is 3. The molecule has 0 amide bonds. The second-order valence-corrected chi connectivity index (χ2v) is 3.59. The fraction of sp³-hybridized carbons (Fsp3) is 0.111. The minimum Gasteiger partial charge on any atom is -0.495 e. The highest BCUT2D eigenvalue weighted by Crippen LogP contribution is 2.32. The maximum Gasteiger partial charge on any atom is 0.139 e. The van der Waals surface area contributed by atoms with Crippen molar-refractivity contribution in [1.29, 1.82) is 0 Å². The van der Waals surface area contributed by atoms with E-state index in [1.165, 1.54) is 6.33 Å². The molecule has 0 aliphatic carbocycles. The molecular formula is C9H7Cl2N3O. The van der Waals surface area contributed by atoms with Crippen molar-refractivity contribution in [2.45, 2.75) is 0 Å². The van der Waals surface area contributed by atoms with Crippen LogP contribution in [0.4, 0.5) is 0 Å². The molecule has 2 aromatic rings. The Morgan fingerprint density at radius 2 is 2.07 bits per heavy atom. The number of hydrogen-bond acceptors (Lipinski definition) is 3. The molecule has 0 atom stereocenters. The van der Waals surface area contributed by atoms with Gasteiger partial charge in [0.25, 0.3) is 0 Å². The highest BCUT2D eigenvalue weighted by atomic mass is 35.5. The highest BCUT2D eigenvalue weighted by molar-refractivity contribution is 6.36. The number of hydrogen-bond donors (Lipinski definition) is 0. The molecule has 4 nitrogen and oxygen atoms in total. The summed E-state index contributed by atoms with van der Waals surface area (Å²) in [6, 6.07) is 3.32. The topological polar surface area (TPSA) is 39.9 Å². The van der Waals surface area contributed by atoms with Gasteiger partial charge in [0.1, 0.15) is 18.4 Å². The van der Waals surface area contributed by atoms with Gasteiger partial charge >= 0.3 is 0 Å². The molecule has 1 aromatic heterocycles. The first kappa shape index (κ1) is 10.3. The fourth-order valence-corrected chi connectivity index (χ4v) is 1.73. The van der Waals surface area contributed by atoms with Gasteiger partial charge in [0.05, 0.1) is 22.8 Å². The van der Waals surface area contributed by atoms with Crippen LogP contribution in [-0.2, 0) is 0 Å². The largest absolute Gasteiger partial charge is 0.495 e. The third-order valence-electron chi connectivity index (χ3n) is 1.89. The molecule has 0 aliphatic rings. The molecule has 0 unspecified atom stereocenters. The van der Waals surface area contributed by atoms with Crippen LogP contribution in [0.1, 0.15) is 0 Å². The summed E-state index contributed by atoms with van der Waals surface area (Å²) in [6.07, 6.45) is 2.98. The number of ether oxygens (including phenoxy) is 1. The van der Waals surface area contributed by atoms with Crippen LogP contribution in [0.3, 0.4) is 0 Å². The minimum absolute atomic E-state index is 0.464. The monoisotopic (exact) mass is 243 g/mol. The smallest absolute Gasteiger partial charge is 0.139 e. The van der Waals surface area contributed by atoms with Gasteiger partial charge in [-0.3, -0.25) is 0 Å². The van der Waals surface area contributed by atoms with Gasteiger partial charge in [0.15, 0.2) is 0 Å². The molecule has 2 rings (SSSR count). The summed E-state index contributed by atoms with van der Waals surface area (Å²) in [5.41, 5.74) is 0.676. The zero-order valence-electron chi connectivity index (χ0n) is 7.82. The van der Waals surface area contributed by atoms with E-state index in [0.29, 0.717) is 21.5 Å². The summed E-state index contributed by atoms with van der Waals surface area (Å²) in [4.78, 5) is 3.84. The first-order valence-corrected chi connectivity index (χ1v) is 4.86. The Bertz CT molecular complexity index is 470. The lowest BCUT2D eigenvalue weighted by molar-refractivity contribution is 0.414. The van der Waals surface area contributed by atoms with E-state index in [1.807, 2.05) is 0 Å². The number of benzene rings is 1. The predicted molar refractivity (Wildman–Crippen MR) is 57.9 cm³/mol. The van der Waals surface area contributed by atoms with Crippen molar-refractivity contribution in [3.8, 4) is 11.4 Å². The summed E-state index contributed by atoms with van der Waals surface area (Å²) >= 11 is 11.9. The van der Waals surface area contributed by atoms with Gasteiger partial charge in [0, 0.05) is 6.07 Å². The maximum absolute atomic E-state index is 6.02. The first-order valence-electron chi connectivity index (χ1n) is 4.10. The molecule has 6 heteroatoms. The molecule has 0 N–H and O–H groups in total. The molecule has 0 radical (unpaired) electrons. The summed E-state index contributed by atoms with van der Waals surface area (Å²) in [5.74, 6) is 0.548. The van der Waals surface area contributed by atoms with E-state index < -0.39 is 0 Å². The van der Waals surface area contributed by atoms with Crippen LogP contribution in [-0.4, -0.2) is 21.9 Å². The van der Waals surface area contributed by atoms with Crippen molar-refractivity contribution < 1.29 is 4.74 Å². The number of rotatable bonds is 2. The van der Waals surface area contributed by atoms with Gasteiger partial charge in [-0.1, -0.05) is 23.2 Å². The third kappa shape index (κ3) is 1.91. The van der Waals surface area contributed by atoms with Crippen molar-refractivity contribution in [3.05, 3.63) is 34.8 Å². The molecule has 0 aliphatic heterocycles. The van der Waals surface area contributed by atoms with E-state index in [2.05, 4.69) is 10.1 Å². The summed E-state index contributed by atoms with van der Waals surface area (Å²) in [7, 11) is 1.54. The Morgan fingerprint density at radius 1 is 1.27 bits per heavy atom. The summed E-state index contributed by atoms with van der Waals surface area (Å²) in [6.45, 7) is 0. The lowest BCUT2D eigenvalue weighted by Gasteiger charge is -2.08. The van der Waals surface area contributed by atoms with Gasteiger partial charge in [0.2, 0.25) is 0 Å². The lowest BCUT2D eigenvalue weighted by Crippen LogP contribution is -1.96. The van der Waals surface area contributed by atoms with Crippen molar-refractivity contribution >= 4 is 23.2 Å². The average molecular weight is 244 g/mol. The van der Waals surface area contributed by atoms with Gasteiger partial charge in [-0.15, -0.1) is 0 Å². The fourth-order valence-electron chi connectivity index (χ4n) is 1.18. The SMILES string of the molecule is COc1cc(-n2cncn2)c(Cl)cc1Cl. The van der Waals surface area contributed by atoms with Crippen LogP contribution in [0.2, 0.25) is 10.0 Å². The van der Waals surface area contributed by atoms with Gasteiger partial charge < -0.3 is 4.74 Å². The summed E-state index contributed by atoms with van der Waals surface area (Å²) < 4.78 is 6.63. The normalized spacial score (nSPS) is 10.3. The Hall–Kier alpha value is -1.26. The van der Waals surface area contributed by atoms with Crippen LogP contribution in [0.5, 0.6) is 5.75 Å². The van der Waals surface area contributed by atoms with Crippen molar-refractivity contribution in [3.63, 3.8) is 0 Å². The van der Waals surface area contributed by atoms with Crippen LogP contribution in [0.15, 0.2) is 24.8 Å². The zero-order valence-corrected chi connectivity index (χ0v) is 9.33. The third-order valence-corrected chi connectivity index (χ3v) is 2.48. The lowest BCUT2D eigenvalue weighted by atomic mass is 10.3. The highest BCUT2D eigenvalue weighted by Gasteiger charge is 2.09. The Kier molecular flexibility index (Phi) is 2.79. The van der Waals surface area contributed by atoms with E-state index in [-0.39, 0.29) is 0 Å². The molecule has 0 saturated heterocycles. The minimum atomic E-state index is 0.464. The van der Waals surface area contributed by atoms with E-state index in [9.17, 15) is 0 Å². The van der Waals surface area contributed by atoms with Crippen molar-refractivity contribution in [2.24, 2.45) is 0 Å². The molecule has 78 valence electrons. The molecular weight excluding hydrogens is 237 g/mol. The maximum atomic E-state index is 6.02.